The lowest BCUT2D eigenvalue weighted by Gasteiger charge is -2.22. The summed E-state index contributed by atoms with van der Waals surface area (Å²) in [6.07, 6.45) is 0.626. The number of rotatable bonds is 5. The van der Waals surface area contributed by atoms with Crippen LogP contribution >= 0.6 is 11.6 Å². The fourth-order valence-electron chi connectivity index (χ4n) is 2.44. The molecule has 106 valence electrons. The van der Waals surface area contributed by atoms with E-state index in [4.69, 9.17) is 11.6 Å². The zero-order valence-corrected chi connectivity index (χ0v) is 12.5. The van der Waals surface area contributed by atoms with Crippen LogP contribution in [0.4, 0.5) is 5.69 Å². The maximum absolute atomic E-state index is 9.68. The van der Waals surface area contributed by atoms with E-state index in [-0.39, 0.29) is 6.10 Å². The van der Waals surface area contributed by atoms with Gasteiger partial charge in [0.05, 0.1) is 6.10 Å². The number of hydrogen-bond acceptors (Lipinski definition) is 3. The van der Waals surface area contributed by atoms with Crippen LogP contribution in [0.1, 0.15) is 25.8 Å². The molecule has 2 N–H and O–H groups in total. The zero-order chi connectivity index (χ0) is 13.8. The van der Waals surface area contributed by atoms with Crippen molar-refractivity contribution in [2.24, 2.45) is 5.92 Å². The van der Waals surface area contributed by atoms with Gasteiger partial charge < -0.3 is 15.3 Å². The van der Waals surface area contributed by atoms with Crippen molar-refractivity contribution in [2.75, 3.05) is 24.5 Å². The highest BCUT2D eigenvalue weighted by molar-refractivity contribution is 6.30. The summed E-state index contributed by atoms with van der Waals surface area (Å²) >= 11 is 6.11. The summed E-state index contributed by atoms with van der Waals surface area (Å²) in [5, 5.41) is 13.9. The molecule has 1 aliphatic heterocycles. The van der Waals surface area contributed by atoms with Crippen molar-refractivity contribution in [2.45, 2.75) is 32.9 Å². The lowest BCUT2D eigenvalue weighted by atomic mass is 10.1. The van der Waals surface area contributed by atoms with Crippen LogP contribution in [0.5, 0.6) is 0 Å². The van der Waals surface area contributed by atoms with Gasteiger partial charge in [0.15, 0.2) is 0 Å². The van der Waals surface area contributed by atoms with Gasteiger partial charge in [-0.25, -0.2) is 0 Å². The Morgan fingerprint density at radius 1 is 1.47 bits per heavy atom. The summed E-state index contributed by atoms with van der Waals surface area (Å²) in [5.41, 5.74) is 2.40. The first-order chi connectivity index (χ1) is 9.06. The van der Waals surface area contributed by atoms with Crippen LogP contribution in [0.25, 0.3) is 0 Å². The maximum atomic E-state index is 9.68. The summed E-state index contributed by atoms with van der Waals surface area (Å²) in [6, 6.07) is 6.02. The zero-order valence-electron chi connectivity index (χ0n) is 11.7. The van der Waals surface area contributed by atoms with Gasteiger partial charge in [0.2, 0.25) is 0 Å². The molecule has 0 bridgehead atoms. The Morgan fingerprint density at radius 2 is 2.26 bits per heavy atom. The lowest BCUT2D eigenvalue weighted by molar-refractivity contribution is 0.198. The Morgan fingerprint density at radius 3 is 2.89 bits per heavy atom. The third-order valence-corrected chi connectivity index (χ3v) is 3.65. The first-order valence-electron chi connectivity index (χ1n) is 6.98. The fourth-order valence-corrected chi connectivity index (χ4v) is 2.60. The van der Waals surface area contributed by atoms with Crippen LogP contribution in [0, 0.1) is 5.92 Å². The van der Waals surface area contributed by atoms with Crippen molar-refractivity contribution >= 4 is 17.3 Å². The molecule has 3 nitrogen and oxygen atoms in total. The number of β-amino-alcohol motifs (C(OH)–C–C–N with tert-alkyl or cyclic N) is 1. The molecule has 1 atom stereocenters. The molecule has 1 saturated heterocycles. The standard InChI is InChI=1S/C15H23ClN2O/c1-11(2)8-17-9-12-3-4-13(16)7-15(12)18-6-5-14(19)10-18/h3-4,7,11,14,17,19H,5-6,8-10H2,1-2H3. The number of aliphatic hydroxyl groups excluding tert-OH is 1. The number of nitrogens with one attached hydrogen (secondary N) is 1. The SMILES string of the molecule is CC(C)CNCc1ccc(Cl)cc1N1CCC(O)C1. The van der Waals surface area contributed by atoms with E-state index in [1.165, 1.54) is 5.56 Å². The molecule has 1 aromatic carbocycles. The molecule has 1 unspecified atom stereocenters. The molecule has 2 rings (SSSR count). The van der Waals surface area contributed by atoms with Crippen LogP contribution < -0.4 is 10.2 Å². The van der Waals surface area contributed by atoms with Gasteiger partial charge in [0.1, 0.15) is 0 Å². The van der Waals surface area contributed by atoms with Gasteiger partial charge in [-0.1, -0.05) is 31.5 Å². The van der Waals surface area contributed by atoms with Crippen LogP contribution in [-0.2, 0) is 6.54 Å². The van der Waals surface area contributed by atoms with E-state index in [0.717, 1.165) is 36.8 Å². The van der Waals surface area contributed by atoms with Crippen molar-refractivity contribution in [1.82, 2.24) is 5.32 Å². The highest BCUT2D eigenvalue weighted by Crippen LogP contribution is 2.28. The normalized spacial score (nSPS) is 19.4. The Bertz CT molecular complexity index is 423. The molecule has 0 aromatic heterocycles. The van der Waals surface area contributed by atoms with E-state index in [0.29, 0.717) is 12.5 Å². The first kappa shape index (κ1) is 14.6. The second-order valence-corrected chi connectivity index (χ2v) is 6.12. The van der Waals surface area contributed by atoms with Crippen molar-refractivity contribution < 1.29 is 5.11 Å². The molecule has 0 aliphatic carbocycles. The second kappa shape index (κ2) is 6.60. The number of benzene rings is 1. The average molecular weight is 283 g/mol. The molecule has 1 aliphatic rings. The highest BCUT2D eigenvalue weighted by Gasteiger charge is 2.22. The first-order valence-corrected chi connectivity index (χ1v) is 7.36. The van der Waals surface area contributed by atoms with Gasteiger partial charge >= 0.3 is 0 Å². The van der Waals surface area contributed by atoms with Gasteiger partial charge in [-0.15, -0.1) is 0 Å². The van der Waals surface area contributed by atoms with Gasteiger partial charge in [-0.2, -0.15) is 0 Å². The van der Waals surface area contributed by atoms with E-state index < -0.39 is 0 Å². The molecule has 19 heavy (non-hydrogen) atoms. The van der Waals surface area contributed by atoms with Gasteiger partial charge in [0, 0.05) is 30.3 Å². The average Bonchev–Trinajstić information content (AvgIpc) is 2.77. The third-order valence-electron chi connectivity index (χ3n) is 3.42. The second-order valence-electron chi connectivity index (χ2n) is 5.69. The summed E-state index contributed by atoms with van der Waals surface area (Å²) < 4.78 is 0. The summed E-state index contributed by atoms with van der Waals surface area (Å²) in [7, 11) is 0. The molecule has 0 saturated carbocycles. The van der Waals surface area contributed by atoms with E-state index in [9.17, 15) is 5.11 Å². The minimum absolute atomic E-state index is 0.213. The number of nitrogens with zero attached hydrogens (tertiary/aromatic N) is 1. The molecular weight excluding hydrogens is 260 g/mol. The number of aliphatic hydroxyl groups is 1. The lowest BCUT2D eigenvalue weighted by Crippen LogP contribution is -2.25. The molecule has 0 amide bonds. The Balaban J connectivity index is 2.09. The van der Waals surface area contributed by atoms with Gasteiger partial charge in [-0.05, 0) is 36.6 Å². The Labute approximate surface area is 120 Å². The minimum Gasteiger partial charge on any atom is -0.391 e. The Kier molecular flexibility index (Phi) is 5.08. The van der Waals surface area contributed by atoms with E-state index in [1.807, 2.05) is 12.1 Å². The van der Waals surface area contributed by atoms with E-state index in [2.05, 4.69) is 30.1 Å². The molecule has 1 aromatic rings. The smallest absolute Gasteiger partial charge is 0.0731 e. The molecule has 0 spiro atoms. The third kappa shape index (κ3) is 4.10. The van der Waals surface area contributed by atoms with Crippen LogP contribution in [0.2, 0.25) is 5.02 Å². The summed E-state index contributed by atoms with van der Waals surface area (Å²) in [4.78, 5) is 2.23. The van der Waals surface area contributed by atoms with E-state index in [1.54, 1.807) is 0 Å². The monoisotopic (exact) mass is 282 g/mol. The van der Waals surface area contributed by atoms with Crippen molar-refractivity contribution in [3.05, 3.63) is 28.8 Å². The van der Waals surface area contributed by atoms with Crippen molar-refractivity contribution in [3.63, 3.8) is 0 Å². The summed E-state index contributed by atoms with van der Waals surface area (Å²) in [5.74, 6) is 0.643. The quantitative estimate of drug-likeness (QED) is 0.872. The predicted molar refractivity (Wildman–Crippen MR) is 80.8 cm³/mol. The Hall–Kier alpha value is -0.770. The van der Waals surface area contributed by atoms with Crippen molar-refractivity contribution in [1.29, 1.82) is 0 Å². The van der Waals surface area contributed by atoms with Crippen molar-refractivity contribution in [3.8, 4) is 0 Å². The number of halogens is 1. The topological polar surface area (TPSA) is 35.5 Å². The summed E-state index contributed by atoms with van der Waals surface area (Å²) in [6.45, 7) is 7.86. The molecular formula is C15H23ClN2O. The molecule has 1 heterocycles. The highest BCUT2D eigenvalue weighted by atomic mass is 35.5. The minimum atomic E-state index is -0.213. The van der Waals surface area contributed by atoms with Crippen LogP contribution in [0.15, 0.2) is 18.2 Å². The van der Waals surface area contributed by atoms with Gasteiger partial charge in [-0.3, -0.25) is 0 Å². The largest absolute Gasteiger partial charge is 0.391 e. The fraction of sp³-hybridized carbons (Fsp3) is 0.600. The van der Waals surface area contributed by atoms with Crippen LogP contribution in [0.3, 0.4) is 0 Å². The predicted octanol–water partition coefficient (Wildman–Crippen LogP) is 2.66. The molecule has 0 radical (unpaired) electrons. The number of anilines is 1. The number of hydrogen-bond donors (Lipinski definition) is 2. The van der Waals surface area contributed by atoms with Gasteiger partial charge in [0.25, 0.3) is 0 Å². The maximum Gasteiger partial charge on any atom is 0.0731 e. The van der Waals surface area contributed by atoms with E-state index >= 15 is 0 Å². The molecule has 4 heteroatoms. The van der Waals surface area contributed by atoms with Crippen LogP contribution in [-0.4, -0.2) is 30.8 Å². The molecule has 1 fully saturated rings.